The molecule has 30 rings (SSSR count). The highest BCUT2D eigenvalue weighted by Crippen LogP contribution is 2.51. The van der Waals surface area contributed by atoms with Crippen LogP contribution in [0.15, 0.2) is 518 Å². The van der Waals surface area contributed by atoms with Crippen LogP contribution in [0.25, 0.3) is 282 Å². The molecule has 660 valence electrons. The number of rotatable bonds is 12. The topological polar surface area (TPSA) is 93.6 Å². The average molecular weight is 1810 g/mol. The molecule has 9 nitrogen and oxygen atoms in total. The highest BCUT2D eigenvalue weighted by Gasteiger charge is 2.29. The summed E-state index contributed by atoms with van der Waals surface area (Å²) in [6, 6.07) is 173. The van der Waals surface area contributed by atoms with Gasteiger partial charge in [-0.15, -0.1) is 0 Å². The van der Waals surface area contributed by atoms with E-state index in [4.69, 9.17) is 26.5 Å². The largest absolute Gasteiger partial charge is 0.456 e. The maximum atomic E-state index is 6.91. The van der Waals surface area contributed by atoms with Crippen LogP contribution < -0.4 is 0 Å². The summed E-state index contributed by atoms with van der Waals surface area (Å²) in [4.78, 5) is 0. The van der Waals surface area contributed by atoms with Crippen LogP contribution in [0.4, 0.5) is 0 Å². The molecule has 0 unspecified atom stereocenters. The number of nitrogens with zero attached hydrogens (tertiary/aromatic N) is 3. The van der Waals surface area contributed by atoms with Crippen LogP contribution in [0, 0.1) is 0 Å². The zero-order chi connectivity index (χ0) is 92.7. The van der Waals surface area contributed by atoms with Crippen molar-refractivity contribution in [3.63, 3.8) is 0 Å². The highest BCUT2D eigenvalue weighted by molar-refractivity contribution is 6.23. The second-order valence-electron chi connectivity index (χ2n) is 36.2. The van der Waals surface area contributed by atoms with Gasteiger partial charge in [-0.1, -0.05) is 358 Å². The Morgan fingerprint density at radius 3 is 0.872 bits per heavy atom. The minimum atomic E-state index is 0.868. The van der Waals surface area contributed by atoms with Crippen LogP contribution in [-0.4, -0.2) is 13.7 Å². The Labute approximate surface area is 807 Å². The van der Waals surface area contributed by atoms with E-state index in [1.54, 1.807) is 0 Å². The molecule has 0 N–H and O–H groups in total. The van der Waals surface area contributed by atoms with E-state index in [0.29, 0.717) is 0 Å². The second kappa shape index (κ2) is 33.0. The van der Waals surface area contributed by atoms with Gasteiger partial charge in [0.2, 0.25) is 0 Å². The normalized spacial score (nSPS) is 11.8. The number of hydrogen-bond donors (Lipinski definition) is 0. The lowest BCUT2D eigenvalue weighted by molar-refractivity contribution is 0.669. The van der Waals surface area contributed by atoms with Crippen molar-refractivity contribution in [2.45, 2.75) is 0 Å². The van der Waals surface area contributed by atoms with Crippen LogP contribution in [0.5, 0.6) is 0 Å². The molecule has 21 aromatic carbocycles. The Balaban J connectivity index is 0.000000104. The fraction of sp³-hybridized carbons (Fsp3) is 0. The first-order chi connectivity index (χ1) is 70.0. The summed E-state index contributed by atoms with van der Waals surface area (Å²) < 4.78 is 47.1. The van der Waals surface area contributed by atoms with Gasteiger partial charge in [-0.2, -0.15) is 0 Å². The fourth-order valence-corrected chi connectivity index (χ4v) is 22.0. The first-order valence-electron chi connectivity index (χ1n) is 47.8. The lowest BCUT2D eigenvalue weighted by Crippen LogP contribution is -1.93. The zero-order valence-corrected chi connectivity index (χ0v) is 76.1. The Morgan fingerprint density at radius 1 is 0.128 bits per heavy atom. The van der Waals surface area contributed by atoms with Crippen LogP contribution in [-0.2, 0) is 0 Å². The van der Waals surface area contributed by atoms with Crippen molar-refractivity contribution in [2.24, 2.45) is 0 Å². The van der Waals surface area contributed by atoms with E-state index in [-0.39, 0.29) is 0 Å². The van der Waals surface area contributed by atoms with Crippen molar-refractivity contribution >= 4 is 165 Å². The molecule has 9 aromatic heterocycles. The van der Waals surface area contributed by atoms with Gasteiger partial charge in [-0.25, -0.2) is 0 Å². The molecule has 0 atom stereocenters. The Hall–Kier alpha value is -19.0. The summed E-state index contributed by atoms with van der Waals surface area (Å²) >= 11 is 0. The number of para-hydroxylation sites is 10. The van der Waals surface area contributed by atoms with Crippen molar-refractivity contribution in [2.75, 3.05) is 0 Å². The Bertz CT molecular complexity index is 10200. The predicted octanol–water partition coefficient (Wildman–Crippen LogP) is 37.3. The molecule has 0 saturated heterocycles. The Kier molecular flexibility index (Phi) is 18.8. The lowest BCUT2D eigenvalue weighted by Gasteiger charge is -2.12. The summed E-state index contributed by atoms with van der Waals surface area (Å²) in [6.45, 7) is 0. The molecular weight excluding hydrogens is 1720 g/mol. The smallest absolute Gasteiger partial charge is 0.161 e. The molecule has 0 radical (unpaired) electrons. The molecule has 0 amide bonds. The van der Waals surface area contributed by atoms with Crippen molar-refractivity contribution in [1.82, 2.24) is 13.7 Å². The lowest BCUT2D eigenvalue weighted by atomic mass is 9.91. The molecule has 9 heterocycles. The minimum absolute atomic E-state index is 0.868. The number of fused-ring (bicyclic) bond motifs is 24. The van der Waals surface area contributed by atoms with Crippen molar-refractivity contribution in [3.8, 4) is 117 Å². The molecular formula is C132H81N3O6. The number of aromatic nitrogens is 3. The van der Waals surface area contributed by atoms with Gasteiger partial charge < -0.3 is 40.2 Å². The summed E-state index contributed by atoms with van der Waals surface area (Å²) in [5.74, 6) is 0. The van der Waals surface area contributed by atoms with E-state index in [1.807, 2.05) is 18.2 Å². The second-order valence-corrected chi connectivity index (χ2v) is 36.2. The standard InChI is InChI=1S/3C44H27NO2/c1-3-14-28(15-4-1)30-21-11-24-36-40-33(22-13-27-39(40)46-42(30)36)31-18-7-8-19-32(31)34-23-12-25-37-41-44(47-43(34)37)35-20-9-10-26-38(35)45(41)29-16-5-2-6-17-29;1-3-13-28(14-4-1)32-20-11-22-35-36-23-12-21-34(43(36)47-42(32)35)33-18-8-7-17-31(33)29-25-26-38-40(27-29)46-44-37-19-9-10-24-39(37)45(41(38)44)30-15-5-2-6-16-30;1-3-11-28(12-4-1)29-19-22-35-36-23-20-30(26-41(36)46-40(35)25-29)33-15-7-8-16-34(33)31-21-24-38-42(27-31)47-44-37-17-9-10-18-39(37)45(43(38)44)32-13-5-2-6-14-32/h3*1-27H. The molecule has 141 heavy (non-hydrogen) atoms. The van der Waals surface area contributed by atoms with Crippen LogP contribution >= 0.6 is 0 Å². The van der Waals surface area contributed by atoms with Gasteiger partial charge in [-0.3, -0.25) is 0 Å². The number of furan rings is 6. The molecule has 0 aliphatic carbocycles. The van der Waals surface area contributed by atoms with Gasteiger partial charge in [0, 0.05) is 104 Å². The molecule has 0 aliphatic rings. The number of hydrogen-bond acceptors (Lipinski definition) is 6. The highest BCUT2D eigenvalue weighted by atomic mass is 16.4. The number of benzene rings is 21. The van der Waals surface area contributed by atoms with Crippen LogP contribution in [0.2, 0.25) is 0 Å². The van der Waals surface area contributed by atoms with Gasteiger partial charge >= 0.3 is 0 Å². The molecule has 9 heteroatoms. The monoisotopic (exact) mass is 1800 g/mol. The van der Waals surface area contributed by atoms with Crippen molar-refractivity contribution in [3.05, 3.63) is 491 Å². The summed E-state index contributed by atoms with van der Waals surface area (Å²) in [6.07, 6.45) is 0. The SMILES string of the molecule is c1ccc(-c2ccc3c(c2)oc2cc(-c4ccccc4-c4ccc5c(c4)oc4c6ccccc6n(-c6ccccc6)c54)ccc23)cc1.c1ccc(-c2cccc3c2oc2c(-c4ccccc4-c4ccc5c(c4)oc4c6ccccc6n(-c6ccccc6)c54)cccc23)cc1.c1ccc(-c2cccc3c2oc2cccc(-c4ccccc4-c4cccc5c4oc4c6ccccc6n(-c6ccccc6)c54)c23)cc1. The molecule has 0 bridgehead atoms. The molecule has 0 spiro atoms. The van der Waals surface area contributed by atoms with Crippen LogP contribution in [0.3, 0.4) is 0 Å². The maximum absolute atomic E-state index is 6.91. The van der Waals surface area contributed by atoms with Crippen molar-refractivity contribution < 1.29 is 26.5 Å². The van der Waals surface area contributed by atoms with E-state index in [9.17, 15) is 0 Å². The van der Waals surface area contributed by atoms with Gasteiger partial charge in [-0.05, 0) is 211 Å². The Morgan fingerprint density at radius 2 is 0.404 bits per heavy atom. The summed E-state index contributed by atoms with van der Waals surface area (Å²) in [7, 11) is 0. The fourth-order valence-electron chi connectivity index (χ4n) is 22.0. The summed E-state index contributed by atoms with van der Waals surface area (Å²) in [5, 5.41) is 13.3. The van der Waals surface area contributed by atoms with Gasteiger partial charge in [0.1, 0.15) is 66.8 Å². The predicted molar refractivity (Wildman–Crippen MR) is 582 cm³/mol. The third kappa shape index (κ3) is 13.2. The van der Waals surface area contributed by atoms with Gasteiger partial charge in [0.05, 0.1) is 16.6 Å². The average Bonchev–Trinajstić information content (AvgIpc) is 1.56. The molecule has 0 saturated carbocycles. The van der Waals surface area contributed by atoms with E-state index in [0.717, 1.165) is 276 Å². The van der Waals surface area contributed by atoms with E-state index < -0.39 is 0 Å². The molecule has 0 aliphatic heterocycles. The third-order valence-corrected chi connectivity index (χ3v) is 28.3. The molecule has 30 aromatic rings. The van der Waals surface area contributed by atoms with Gasteiger partial charge in [0.15, 0.2) is 16.7 Å². The molecule has 0 fully saturated rings. The summed E-state index contributed by atoms with van der Waals surface area (Å²) in [5.41, 5.74) is 40.9. The first kappa shape index (κ1) is 80.5. The van der Waals surface area contributed by atoms with E-state index >= 15 is 0 Å². The minimum Gasteiger partial charge on any atom is -0.456 e. The first-order valence-corrected chi connectivity index (χ1v) is 47.8. The van der Waals surface area contributed by atoms with E-state index in [1.165, 1.54) is 5.56 Å². The maximum Gasteiger partial charge on any atom is 0.161 e. The third-order valence-electron chi connectivity index (χ3n) is 28.3. The van der Waals surface area contributed by atoms with Gasteiger partial charge in [0.25, 0.3) is 0 Å². The zero-order valence-electron chi connectivity index (χ0n) is 76.1. The van der Waals surface area contributed by atoms with E-state index in [2.05, 4.69) is 487 Å². The van der Waals surface area contributed by atoms with Crippen molar-refractivity contribution in [1.29, 1.82) is 0 Å². The van der Waals surface area contributed by atoms with Crippen LogP contribution in [0.1, 0.15) is 0 Å². The quantitative estimate of drug-likeness (QED) is 0.121.